The zero-order chi connectivity index (χ0) is 16.1. The molecule has 1 aromatic heterocycles. The van der Waals surface area contributed by atoms with Crippen molar-refractivity contribution >= 4 is 17.7 Å². The van der Waals surface area contributed by atoms with Gasteiger partial charge in [0.15, 0.2) is 0 Å². The average molecular weight is 332 g/mol. The van der Waals surface area contributed by atoms with Crippen molar-refractivity contribution in [1.29, 1.82) is 0 Å². The highest BCUT2D eigenvalue weighted by Gasteiger charge is 2.21. The molecule has 2 heterocycles. The van der Waals surface area contributed by atoms with Gasteiger partial charge in [-0.05, 0) is 37.1 Å². The van der Waals surface area contributed by atoms with Crippen LogP contribution in [0, 0.1) is 0 Å². The SMILES string of the molecule is COc1ccc(-c2nc(CS[C@H]3CCCCNC3=O)co2)cc1. The second-order valence-electron chi connectivity index (χ2n) is 5.46. The molecule has 3 rings (SSSR count). The molecule has 1 fully saturated rings. The van der Waals surface area contributed by atoms with Gasteiger partial charge in [0.1, 0.15) is 12.0 Å². The molecule has 1 aliphatic rings. The monoisotopic (exact) mass is 332 g/mol. The summed E-state index contributed by atoms with van der Waals surface area (Å²) in [5.74, 6) is 2.22. The fourth-order valence-corrected chi connectivity index (χ4v) is 3.57. The number of nitrogens with zero attached hydrogens (tertiary/aromatic N) is 1. The van der Waals surface area contributed by atoms with E-state index in [-0.39, 0.29) is 11.2 Å². The van der Waals surface area contributed by atoms with E-state index in [0.29, 0.717) is 11.6 Å². The maximum Gasteiger partial charge on any atom is 0.233 e. The van der Waals surface area contributed by atoms with Crippen molar-refractivity contribution in [2.75, 3.05) is 13.7 Å². The molecule has 1 aromatic carbocycles. The van der Waals surface area contributed by atoms with Crippen molar-refractivity contribution in [2.24, 2.45) is 0 Å². The minimum Gasteiger partial charge on any atom is -0.497 e. The van der Waals surface area contributed by atoms with Gasteiger partial charge in [0.2, 0.25) is 11.8 Å². The van der Waals surface area contributed by atoms with Gasteiger partial charge in [0.05, 0.1) is 18.1 Å². The van der Waals surface area contributed by atoms with Crippen molar-refractivity contribution < 1.29 is 13.9 Å². The van der Waals surface area contributed by atoms with E-state index in [1.54, 1.807) is 25.1 Å². The molecule has 0 unspecified atom stereocenters. The quantitative estimate of drug-likeness (QED) is 0.910. The molecule has 1 amide bonds. The normalized spacial score (nSPS) is 18.3. The third kappa shape index (κ3) is 4.07. The number of methoxy groups -OCH3 is 1. The first-order valence-corrected chi connectivity index (χ1v) is 8.79. The molecule has 1 N–H and O–H groups in total. The van der Waals surface area contributed by atoms with Crippen LogP contribution in [0.1, 0.15) is 25.0 Å². The van der Waals surface area contributed by atoms with Gasteiger partial charge in [-0.1, -0.05) is 6.42 Å². The standard InChI is InChI=1S/C17H20N2O3S/c1-21-14-7-5-12(6-8-14)17-19-13(10-22-17)11-23-15-4-2-3-9-18-16(15)20/h5-8,10,15H,2-4,9,11H2,1H3,(H,18,20)/t15-/m0/s1. The number of aromatic nitrogens is 1. The zero-order valence-electron chi connectivity index (χ0n) is 13.1. The van der Waals surface area contributed by atoms with E-state index < -0.39 is 0 Å². The predicted octanol–water partition coefficient (Wildman–Crippen LogP) is 3.25. The number of amides is 1. The zero-order valence-corrected chi connectivity index (χ0v) is 13.9. The molecule has 1 atom stereocenters. The molecular weight excluding hydrogens is 312 g/mol. The smallest absolute Gasteiger partial charge is 0.233 e. The molecule has 23 heavy (non-hydrogen) atoms. The Morgan fingerprint density at radius 1 is 1.35 bits per heavy atom. The Bertz CT molecular complexity index is 654. The van der Waals surface area contributed by atoms with Gasteiger partial charge in [-0.3, -0.25) is 4.79 Å². The Labute approximate surface area is 139 Å². The van der Waals surface area contributed by atoms with Crippen LogP contribution in [-0.4, -0.2) is 29.8 Å². The van der Waals surface area contributed by atoms with Crippen LogP contribution in [-0.2, 0) is 10.5 Å². The fraction of sp³-hybridized carbons (Fsp3) is 0.412. The van der Waals surface area contributed by atoms with Crippen LogP contribution in [0.25, 0.3) is 11.5 Å². The average Bonchev–Trinajstić information content (AvgIpc) is 2.96. The summed E-state index contributed by atoms with van der Waals surface area (Å²) in [7, 11) is 1.64. The van der Waals surface area contributed by atoms with Crippen LogP contribution in [0.2, 0.25) is 0 Å². The molecule has 6 heteroatoms. The molecule has 122 valence electrons. The van der Waals surface area contributed by atoms with Crippen LogP contribution in [0.15, 0.2) is 34.9 Å². The van der Waals surface area contributed by atoms with Gasteiger partial charge in [-0.25, -0.2) is 4.98 Å². The minimum atomic E-state index is 0.0126. The van der Waals surface area contributed by atoms with Gasteiger partial charge < -0.3 is 14.5 Å². The van der Waals surface area contributed by atoms with Gasteiger partial charge in [0.25, 0.3) is 0 Å². The van der Waals surface area contributed by atoms with Crippen LogP contribution >= 0.6 is 11.8 Å². The lowest BCUT2D eigenvalue weighted by atomic mass is 10.2. The number of thioether (sulfide) groups is 1. The highest BCUT2D eigenvalue weighted by Crippen LogP contribution is 2.26. The van der Waals surface area contributed by atoms with Crippen LogP contribution in [0.4, 0.5) is 0 Å². The maximum absolute atomic E-state index is 11.9. The van der Waals surface area contributed by atoms with E-state index in [9.17, 15) is 4.79 Å². The second-order valence-corrected chi connectivity index (χ2v) is 6.65. The maximum atomic E-state index is 11.9. The first-order chi connectivity index (χ1) is 11.3. The Balaban J connectivity index is 1.61. The van der Waals surface area contributed by atoms with Crippen LogP contribution < -0.4 is 10.1 Å². The molecule has 0 bridgehead atoms. The van der Waals surface area contributed by atoms with Crippen LogP contribution in [0.3, 0.4) is 0 Å². The lowest BCUT2D eigenvalue weighted by molar-refractivity contribution is -0.120. The Morgan fingerprint density at radius 3 is 2.96 bits per heavy atom. The number of hydrogen-bond acceptors (Lipinski definition) is 5. The van der Waals surface area contributed by atoms with Crippen molar-refractivity contribution in [3.63, 3.8) is 0 Å². The minimum absolute atomic E-state index is 0.0126. The summed E-state index contributed by atoms with van der Waals surface area (Å²) in [6.07, 6.45) is 4.75. The Hall–Kier alpha value is -1.95. The molecule has 0 saturated carbocycles. The third-order valence-corrected chi connectivity index (χ3v) is 5.12. The van der Waals surface area contributed by atoms with Gasteiger partial charge >= 0.3 is 0 Å². The predicted molar refractivity (Wildman–Crippen MR) is 90.4 cm³/mol. The molecule has 0 spiro atoms. The summed E-state index contributed by atoms with van der Waals surface area (Å²) in [5, 5.41) is 2.97. The lowest BCUT2D eigenvalue weighted by Crippen LogP contribution is -2.30. The summed E-state index contributed by atoms with van der Waals surface area (Å²) in [5.41, 5.74) is 1.77. The number of carbonyl (C=O) groups is 1. The van der Waals surface area contributed by atoms with E-state index in [1.165, 1.54) is 0 Å². The molecule has 0 aliphatic carbocycles. The fourth-order valence-electron chi connectivity index (χ4n) is 2.50. The number of nitrogens with one attached hydrogen (secondary N) is 1. The summed E-state index contributed by atoms with van der Waals surface area (Å²) in [6.45, 7) is 0.793. The van der Waals surface area contributed by atoms with Crippen LogP contribution in [0.5, 0.6) is 5.75 Å². The van der Waals surface area contributed by atoms with E-state index in [0.717, 1.165) is 42.8 Å². The largest absolute Gasteiger partial charge is 0.497 e. The van der Waals surface area contributed by atoms with E-state index >= 15 is 0 Å². The lowest BCUT2D eigenvalue weighted by Gasteiger charge is -2.11. The van der Waals surface area contributed by atoms with Crippen molar-refractivity contribution in [1.82, 2.24) is 10.3 Å². The van der Waals surface area contributed by atoms with Crippen molar-refractivity contribution in [2.45, 2.75) is 30.3 Å². The van der Waals surface area contributed by atoms with Crippen molar-refractivity contribution in [3.8, 4) is 17.2 Å². The molecular formula is C17H20N2O3S. The summed E-state index contributed by atoms with van der Waals surface area (Å²) in [4.78, 5) is 16.4. The third-order valence-electron chi connectivity index (χ3n) is 3.81. The summed E-state index contributed by atoms with van der Waals surface area (Å²) >= 11 is 1.63. The molecule has 5 nitrogen and oxygen atoms in total. The number of benzene rings is 1. The Kier molecular flexibility index (Phi) is 5.23. The van der Waals surface area contributed by atoms with E-state index in [1.807, 2.05) is 24.3 Å². The first kappa shape index (κ1) is 15.9. The second kappa shape index (κ2) is 7.55. The number of carbonyl (C=O) groups excluding carboxylic acids is 1. The molecule has 1 aliphatic heterocycles. The molecule has 1 saturated heterocycles. The topological polar surface area (TPSA) is 64.4 Å². The van der Waals surface area contributed by atoms with Gasteiger partial charge in [0, 0.05) is 17.9 Å². The van der Waals surface area contributed by atoms with E-state index in [4.69, 9.17) is 9.15 Å². The number of ether oxygens (including phenoxy) is 1. The summed E-state index contributed by atoms with van der Waals surface area (Å²) < 4.78 is 10.7. The molecule has 0 radical (unpaired) electrons. The van der Waals surface area contributed by atoms with Crippen molar-refractivity contribution in [3.05, 3.63) is 36.2 Å². The Morgan fingerprint density at radius 2 is 2.17 bits per heavy atom. The van der Waals surface area contributed by atoms with Gasteiger partial charge in [-0.2, -0.15) is 0 Å². The van der Waals surface area contributed by atoms with E-state index in [2.05, 4.69) is 10.3 Å². The number of rotatable bonds is 5. The molecule has 2 aromatic rings. The highest BCUT2D eigenvalue weighted by molar-refractivity contribution is 7.99. The van der Waals surface area contributed by atoms with Gasteiger partial charge in [-0.15, -0.1) is 11.8 Å². The summed E-state index contributed by atoms with van der Waals surface area (Å²) in [6, 6.07) is 7.59. The number of hydrogen-bond donors (Lipinski definition) is 1. The number of oxazole rings is 1. The highest BCUT2D eigenvalue weighted by atomic mass is 32.2. The first-order valence-electron chi connectivity index (χ1n) is 7.74.